The van der Waals surface area contributed by atoms with Gasteiger partial charge in [-0.3, -0.25) is 9.59 Å². The zero-order chi connectivity index (χ0) is 13.7. The van der Waals surface area contributed by atoms with E-state index >= 15 is 0 Å². The number of hydrogen-bond acceptors (Lipinski definition) is 3. The van der Waals surface area contributed by atoms with Crippen LogP contribution in [0.5, 0.6) is 0 Å². The fraction of sp³-hybridized carbons (Fsp3) is 0.467. The van der Waals surface area contributed by atoms with Crippen LogP contribution in [0.15, 0.2) is 30.3 Å². The van der Waals surface area contributed by atoms with E-state index in [1.165, 1.54) is 7.11 Å². The Hall–Kier alpha value is -1.68. The Morgan fingerprint density at radius 1 is 1.21 bits per heavy atom. The fourth-order valence-corrected chi connectivity index (χ4v) is 2.44. The number of ketones is 1. The van der Waals surface area contributed by atoms with Crippen LogP contribution in [0.1, 0.15) is 23.2 Å². The van der Waals surface area contributed by atoms with Gasteiger partial charge in [-0.1, -0.05) is 30.3 Å². The van der Waals surface area contributed by atoms with Gasteiger partial charge in [0.15, 0.2) is 5.78 Å². The minimum Gasteiger partial charge on any atom is -0.375 e. The van der Waals surface area contributed by atoms with Crippen molar-refractivity contribution in [3.05, 3.63) is 35.9 Å². The molecule has 0 radical (unpaired) electrons. The molecule has 0 aliphatic carbocycles. The summed E-state index contributed by atoms with van der Waals surface area (Å²) in [4.78, 5) is 25.7. The van der Waals surface area contributed by atoms with Crippen molar-refractivity contribution in [3.8, 4) is 0 Å². The van der Waals surface area contributed by atoms with E-state index in [1.54, 1.807) is 4.90 Å². The fourth-order valence-electron chi connectivity index (χ4n) is 2.44. The van der Waals surface area contributed by atoms with E-state index in [4.69, 9.17) is 4.74 Å². The van der Waals surface area contributed by atoms with Crippen molar-refractivity contribution in [1.29, 1.82) is 0 Å². The summed E-state index contributed by atoms with van der Waals surface area (Å²) in [6.07, 6.45) is 1.48. The average molecular weight is 261 g/mol. The van der Waals surface area contributed by atoms with Crippen LogP contribution in [0.3, 0.4) is 0 Å². The van der Waals surface area contributed by atoms with E-state index in [0.29, 0.717) is 13.1 Å². The SMILES string of the molecule is COCC(=O)N1CCC(C(=O)c2ccccc2)CC1. The molecule has 1 aromatic rings. The highest BCUT2D eigenvalue weighted by molar-refractivity contribution is 5.98. The van der Waals surface area contributed by atoms with E-state index in [0.717, 1.165) is 18.4 Å². The molecular formula is C15H19NO3. The smallest absolute Gasteiger partial charge is 0.248 e. The molecule has 1 aliphatic heterocycles. The molecule has 0 spiro atoms. The summed E-state index contributed by atoms with van der Waals surface area (Å²) in [7, 11) is 1.52. The van der Waals surface area contributed by atoms with Gasteiger partial charge in [-0.15, -0.1) is 0 Å². The minimum atomic E-state index is 0.00751. The molecule has 0 bridgehead atoms. The van der Waals surface area contributed by atoms with Gasteiger partial charge in [0.05, 0.1) is 0 Å². The van der Waals surface area contributed by atoms with Crippen LogP contribution in [-0.4, -0.2) is 43.4 Å². The molecule has 19 heavy (non-hydrogen) atoms. The van der Waals surface area contributed by atoms with Crippen molar-refractivity contribution in [2.75, 3.05) is 26.8 Å². The maximum atomic E-state index is 12.3. The predicted octanol–water partition coefficient (Wildman–Crippen LogP) is 1.75. The lowest BCUT2D eigenvalue weighted by molar-refractivity contribution is -0.136. The number of methoxy groups -OCH3 is 1. The average Bonchev–Trinajstić information content (AvgIpc) is 2.48. The normalized spacial score (nSPS) is 16.4. The maximum Gasteiger partial charge on any atom is 0.248 e. The highest BCUT2D eigenvalue weighted by atomic mass is 16.5. The summed E-state index contributed by atoms with van der Waals surface area (Å²) in [6, 6.07) is 9.37. The molecule has 4 heteroatoms. The number of nitrogens with zero attached hydrogens (tertiary/aromatic N) is 1. The molecule has 0 saturated carbocycles. The van der Waals surface area contributed by atoms with Gasteiger partial charge in [0, 0.05) is 31.7 Å². The molecule has 102 valence electrons. The lowest BCUT2D eigenvalue weighted by Gasteiger charge is -2.31. The third-order valence-corrected chi connectivity index (χ3v) is 3.54. The quantitative estimate of drug-likeness (QED) is 0.776. The number of ether oxygens (including phenoxy) is 1. The van der Waals surface area contributed by atoms with Crippen LogP contribution >= 0.6 is 0 Å². The van der Waals surface area contributed by atoms with Gasteiger partial charge < -0.3 is 9.64 Å². The van der Waals surface area contributed by atoms with Crippen LogP contribution in [0, 0.1) is 5.92 Å². The number of hydrogen-bond donors (Lipinski definition) is 0. The number of benzene rings is 1. The molecule has 0 unspecified atom stereocenters. The van der Waals surface area contributed by atoms with Crippen molar-refractivity contribution in [2.24, 2.45) is 5.92 Å². The number of carbonyl (C=O) groups is 2. The Kier molecular flexibility index (Phi) is 4.68. The summed E-state index contributed by atoms with van der Waals surface area (Å²) >= 11 is 0. The first-order valence-electron chi connectivity index (χ1n) is 6.58. The molecule has 1 saturated heterocycles. The third kappa shape index (κ3) is 3.41. The molecule has 1 fully saturated rings. The maximum absolute atomic E-state index is 12.3. The van der Waals surface area contributed by atoms with Gasteiger partial charge >= 0.3 is 0 Å². The number of piperidine rings is 1. The van der Waals surface area contributed by atoms with Crippen molar-refractivity contribution >= 4 is 11.7 Å². The van der Waals surface area contributed by atoms with Gasteiger partial charge in [0.25, 0.3) is 0 Å². The van der Waals surface area contributed by atoms with Crippen molar-refractivity contribution in [3.63, 3.8) is 0 Å². The first-order valence-corrected chi connectivity index (χ1v) is 6.58. The minimum absolute atomic E-state index is 0.00751. The van der Waals surface area contributed by atoms with Crippen LogP contribution in [0.4, 0.5) is 0 Å². The Labute approximate surface area is 113 Å². The van der Waals surface area contributed by atoms with E-state index in [1.807, 2.05) is 30.3 Å². The van der Waals surface area contributed by atoms with Gasteiger partial charge in [-0.05, 0) is 12.8 Å². The van der Waals surface area contributed by atoms with E-state index in [-0.39, 0.29) is 24.2 Å². The Morgan fingerprint density at radius 2 is 1.84 bits per heavy atom. The van der Waals surface area contributed by atoms with E-state index < -0.39 is 0 Å². The first kappa shape index (κ1) is 13.7. The lowest BCUT2D eigenvalue weighted by atomic mass is 9.89. The number of amides is 1. The second-order valence-electron chi connectivity index (χ2n) is 4.82. The largest absolute Gasteiger partial charge is 0.375 e. The highest BCUT2D eigenvalue weighted by Gasteiger charge is 2.27. The molecule has 1 heterocycles. The topological polar surface area (TPSA) is 46.6 Å². The van der Waals surface area contributed by atoms with E-state index in [9.17, 15) is 9.59 Å². The third-order valence-electron chi connectivity index (χ3n) is 3.54. The second-order valence-corrected chi connectivity index (χ2v) is 4.82. The highest BCUT2D eigenvalue weighted by Crippen LogP contribution is 2.21. The molecule has 4 nitrogen and oxygen atoms in total. The zero-order valence-corrected chi connectivity index (χ0v) is 11.2. The summed E-state index contributed by atoms with van der Waals surface area (Å²) < 4.78 is 4.84. The summed E-state index contributed by atoms with van der Waals surface area (Å²) in [5.74, 6) is 0.238. The monoisotopic (exact) mass is 261 g/mol. The molecule has 0 aromatic heterocycles. The van der Waals surface area contributed by atoms with Gasteiger partial charge in [0.1, 0.15) is 6.61 Å². The lowest BCUT2D eigenvalue weighted by Crippen LogP contribution is -2.41. The zero-order valence-electron chi connectivity index (χ0n) is 11.2. The Morgan fingerprint density at radius 3 is 2.42 bits per heavy atom. The Bertz CT molecular complexity index is 436. The number of carbonyl (C=O) groups excluding carboxylic acids is 2. The molecular weight excluding hydrogens is 242 g/mol. The van der Waals surface area contributed by atoms with Crippen molar-refractivity contribution < 1.29 is 14.3 Å². The number of likely N-dealkylation sites (tertiary alicyclic amines) is 1. The summed E-state index contributed by atoms with van der Waals surface area (Å²) in [6.45, 7) is 1.41. The number of Topliss-reactive ketones (excluding diaryl/α,β-unsaturated/α-hetero) is 1. The van der Waals surface area contributed by atoms with Gasteiger partial charge in [-0.2, -0.15) is 0 Å². The van der Waals surface area contributed by atoms with Crippen molar-refractivity contribution in [1.82, 2.24) is 4.90 Å². The molecule has 0 atom stereocenters. The second kappa shape index (κ2) is 6.48. The standard InChI is InChI=1S/C15H19NO3/c1-19-11-14(17)16-9-7-13(8-10-16)15(18)12-5-3-2-4-6-12/h2-6,13H,7-11H2,1H3. The molecule has 1 amide bonds. The molecule has 0 N–H and O–H groups in total. The molecule has 1 aliphatic rings. The summed E-state index contributed by atoms with van der Waals surface area (Å²) in [5, 5.41) is 0. The van der Waals surface area contributed by atoms with E-state index in [2.05, 4.69) is 0 Å². The van der Waals surface area contributed by atoms with Gasteiger partial charge in [0.2, 0.25) is 5.91 Å². The van der Waals surface area contributed by atoms with Gasteiger partial charge in [-0.25, -0.2) is 0 Å². The summed E-state index contributed by atoms with van der Waals surface area (Å²) in [5.41, 5.74) is 0.768. The van der Waals surface area contributed by atoms with Crippen LogP contribution in [0.25, 0.3) is 0 Å². The molecule has 2 rings (SSSR count). The predicted molar refractivity (Wildman–Crippen MR) is 72.0 cm³/mol. The number of rotatable bonds is 4. The van der Waals surface area contributed by atoms with Crippen LogP contribution in [-0.2, 0) is 9.53 Å². The molecule has 1 aromatic carbocycles. The first-order chi connectivity index (χ1) is 9.22. The van der Waals surface area contributed by atoms with Crippen LogP contribution < -0.4 is 0 Å². The Balaban J connectivity index is 1.90. The van der Waals surface area contributed by atoms with Crippen LogP contribution in [0.2, 0.25) is 0 Å². The van der Waals surface area contributed by atoms with Crippen molar-refractivity contribution in [2.45, 2.75) is 12.8 Å².